The largest absolute Gasteiger partial charge is 0.482 e. The molecule has 27 heavy (non-hydrogen) atoms. The predicted molar refractivity (Wildman–Crippen MR) is 96.0 cm³/mol. The Balaban J connectivity index is 1.75. The number of nitrogens with zero attached hydrogens (tertiary/aromatic N) is 1. The fourth-order valence-electron chi connectivity index (χ4n) is 2.04. The summed E-state index contributed by atoms with van der Waals surface area (Å²) < 4.78 is 29.4. The van der Waals surface area contributed by atoms with E-state index in [1.165, 1.54) is 12.1 Å². The summed E-state index contributed by atoms with van der Waals surface area (Å²) in [4.78, 5) is 23.5. The van der Waals surface area contributed by atoms with E-state index < -0.39 is 28.3 Å². The normalized spacial score (nSPS) is 10.5. The molecule has 0 aliphatic rings. The maximum Gasteiger partial charge on any atom is 0.276 e. The van der Waals surface area contributed by atoms with Crippen LogP contribution in [0, 0.1) is 11.3 Å². The van der Waals surface area contributed by atoms with E-state index in [0.717, 1.165) is 0 Å². The smallest absolute Gasteiger partial charge is 0.276 e. The molecule has 0 spiro atoms. The number of nitrogens with one attached hydrogen (secondary N) is 2. The van der Waals surface area contributed by atoms with Gasteiger partial charge in [0, 0.05) is 6.42 Å². The maximum atomic E-state index is 12.1. The standard InChI is InChI=1S/C18H17N3O5S/c19-12-14-6-4-5-9-16(14)26-13-18(23)21-20-17(22)10-11-27(24,25)15-7-2-1-3-8-15/h1-9H,10-11,13H2,(H,20,22)(H,21,23). The Hall–Kier alpha value is -3.38. The third-order valence-electron chi connectivity index (χ3n) is 3.41. The fraction of sp³-hybridized carbons (Fsp3) is 0.167. The van der Waals surface area contributed by atoms with Crippen molar-refractivity contribution in [1.29, 1.82) is 5.26 Å². The lowest BCUT2D eigenvalue weighted by atomic mass is 10.2. The van der Waals surface area contributed by atoms with E-state index in [-0.39, 0.29) is 28.4 Å². The van der Waals surface area contributed by atoms with Gasteiger partial charge in [-0.2, -0.15) is 5.26 Å². The molecule has 0 atom stereocenters. The van der Waals surface area contributed by atoms with Crippen LogP contribution in [0.5, 0.6) is 5.75 Å². The summed E-state index contributed by atoms with van der Waals surface area (Å²) >= 11 is 0. The summed E-state index contributed by atoms with van der Waals surface area (Å²) in [5.41, 5.74) is 4.53. The Kier molecular flexibility index (Phi) is 6.91. The van der Waals surface area contributed by atoms with E-state index in [2.05, 4.69) is 10.9 Å². The van der Waals surface area contributed by atoms with Gasteiger partial charge >= 0.3 is 0 Å². The highest BCUT2D eigenvalue weighted by Crippen LogP contribution is 2.16. The summed E-state index contributed by atoms with van der Waals surface area (Å²) in [6, 6.07) is 16.1. The first kappa shape index (κ1) is 19.9. The van der Waals surface area contributed by atoms with Gasteiger partial charge in [-0.05, 0) is 24.3 Å². The number of amides is 2. The molecule has 0 radical (unpaired) electrons. The molecule has 0 unspecified atom stereocenters. The zero-order chi connectivity index (χ0) is 19.7. The van der Waals surface area contributed by atoms with E-state index in [1.54, 1.807) is 42.5 Å². The van der Waals surface area contributed by atoms with Crippen molar-refractivity contribution in [2.45, 2.75) is 11.3 Å². The average molecular weight is 387 g/mol. The molecule has 2 amide bonds. The number of nitriles is 1. The molecule has 2 rings (SSSR count). The van der Waals surface area contributed by atoms with Crippen LogP contribution in [-0.4, -0.2) is 32.6 Å². The molecule has 8 nitrogen and oxygen atoms in total. The second-order valence-electron chi connectivity index (χ2n) is 5.37. The van der Waals surface area contributed by atoms with Crippen LogP contribution in [0.25, 0.3) is 0 Å². The van der Waals surface area contributed by atoms with Crippen molar-refractivity contribution in [2.75, 3.05) is 12.4 Å². The molecule has 0 aliphatic heterocycles. The number of hydrogen-bond donors (Lipinski definition) is 2. The molecule has 2 N–H and O–H groups in total. The number of carbonyl (C=O) groups excluding carboxylic acids is 2. The molecule has 0 saturated carbocycles. The second kappa shape index (κ2) is 9.35. The minimum Gasteiger partial charge on any atom is -0.482 e. The fourth-order valence-corrected chi connectivity index (χ4v) is 3.30. The van der Waals surface area contributed by atoms with Crippen molar-refractivity contribution < 1.29 is 22.7 Å². The topological polar surface area (TPSA) is 125 Å². The van der Waals surface area contributed by atoms with E-state index in [4.69, 9.17) is 10.00 Å². The van der Waals surface area contributed by atoms with Crippen molar-refractivity contribution in [3.05, 3.63) is 60.2 Å². The van der Waals surface area contributed by atoms with Gasteiger partial charge in [0.2, 0.25) is 5.91 Å². The Bertz CT molecular complexity index is 952. The van der Waals surface area contributed by atoms with Crippen LogP contribution >= 0.6 is 0 Å². The minimum atomic E-state index is -3.58. The van der Waals surface area contributed by atoms with Gasteiger partial charge in [-0.3, -0.25) is 20.4 Å². The molecular formula is C18H17N3O5S. The molecule has 0 aromatic heterocycles. The van der Waals surface area contributed by atoms with Gasteiger partial charge in [0.25, 0.3) is 5.91 Å². The first-order chi connectivity index (χ1) is 12.9. The number of benzene rings is 2. The first-order valence-corrected chi connectivity index (χ1v) is 9.55. The monoisotopic (exact) mass is 387 g/mol. The zero-order valence-electron chi connectivity index (χ0n) is 14.2. The van der Waals surface area contributed by atoms with Gasteiger partial charge < -0.3 is 4.74 Å². The number of para-hydroxylation sites is 1. The molecule has 0 saturated heterocycles. The van der Waals surface area contributed by atoms with Crippen LogP contribution < -0.4 is 15.6 Å². The lowest BCUT2D eigenvalue weighted by molar-refractivity contribution is -0.129. The molecule has 0 aliphatic carbocycles. The van der Waals surface area contributed by atoms with Crippen LogP contribution in [0.4, 0.5) is 0 Å². The third-order valence-corrected chi connectivity index (χ3v) is 5.14. The van der Waals surface area contributed by atoms with Gasteiger partial charge in [-0.15, -0.1) is 0 Å². The number of ether oxygens (including phenoxy) is 1. The van der Waals surface area contributed by atoms with Crippen molar-refractivity contribution in [3.63, 3.8) is 0 Å². The Morgan fingerprint density at radius 3 is 2.30 bits per heavy atom. The molecule has 140 valence electrons. The lowest BCUT2D eigenvalue weighted by Gasteiger charge is -2.09. The molecule has 0 fully saturated rings. The van der Waals surface area contributed by atoms with E-state index in [1.807, 2.05) is 6.07 Å². The van der Waals surface area contributed by atoms with Crippen LogP contribution in [0.1, 0.15) is 12.0 Å². The summed E-state index contributed by atoms with van der Waals surface area (Å²) in [6.45, 7) is -0.415. The third kappa shape index (κ3) is 6.13. The van der Waals surface area contributed by atoms with Crippen LogP contribution in [0.2, 0.25) is 0 Å². The lowest BCUT2D eigenvalue weighted by Crippen LogP contribution is -2.44. The summed E-state index contributed by atoms with van der Waals surface area (Å²) in [5.74, 6) is -1.44. The van der Waals surface area contributed by atoms with E-state index in [0.29, 0.717) is 0 Å². The van der Waals surface area contributed by atoms with Crippen molar-refractivity contribution in [3.8, 4) is 11.8 Å². The Morgan fingerprint density at radius 2 is 1.59 bits per heavy atom. The quantitative estimate of drug-likeness (QED) is 0.681. The van der Waals surface area contributed by atoms with E-state index >= 15 is 0 Å². The zero-order valence-corrected chi connectivity index (χ0v) is 15.0. The van der Waals surface area contributed by atoms with Crippen LogP contribution in [-0.2, 0) is 19.4 Å². The van der Waals surface area contributed by atoms with Crippen molar-refractivity contribution >= 4 is 21.7 Å². The highest BCUT2D eigenvalue weighted by molar-refractivity contribution is 7.91. The van der Waals surface area contributed by atoms with Crippen molar-refractivity contribution in [1.82, 2.24) is 10.9 Å². The molecule has 9 heteroatoms. The van der Waals surface area contributed by atoms with Gasteiger partial charge in [-0.1, -0.05) is 30.3 Å². The van der Waals surface area contributed by atoms with Crippen LogP contribution in [0.15, 0.2) is 59.5 Å². The average Bonchev–Trinajstić information content (AvgIpc) is 2.70. The second-order valence-corrected chi connectivity index (χ2v) is 7.48. The number of carbonyl (C=O) groups is 2. The summed E-state index contributed by atoms with van der Waals surface area (Å²) in [6.07, 6.45) is -0.310. The Morgan fingerprint density at radius 1 is 0.963 bits per heavy atom. The highest BCUT2D eigenvalue weighted by Gasteiger charge is 2.16. The number of rotatable bonds is 7. The molecule has 2 aromatic rings. The SMILES string of the molecule is N#Cc1ccccc1OCC(=O)NNC(=O)CCS(=O)(=O)c1ccccc1. The van der Waals surface area contributed by atoms with Gasteiger partial charge in [0.05, 0.1) is 16.2 Å². The predicted octanol–water partition coefficient (Wildman–Crippen LogP) is 0.948. The molecular weight excluding hydrogens is 370 g/mol. The summed E-state index contributed by atoms with van der Waals surface area (Å²) in [5, 5.41) is 8.93. The molecule has 0 heterocycles. The van der Waals surface area contributed by atoms with E-state index in [9.17, 15) is 18.0 Å². The Labute approximate surface area is 156 Å². The number of sulfone groups is 1. The van der Waals surface area contributed by atoms with Gasteiger partial charge in [0.1, 0.15) is 11.8 Å². The maximum absolute atomic E-state index is 12.1. The minimum absolute atomic E-state index is 0.131. The highest BCUT2D eigenvalue weighted by atomic mass is 32.2. The number of hydrazine groups is 1. The first-order valence-electron chi connectivity index (χ1n) is 7.90. The van der Waals surface area contributed by atoms with Crippen LogP contribution in [0.3, 0.4) is 0 Å². The molecule has 0 bridgehead atoms. The number of hydrogen-bond acceptors (Lipinski definition) is 6. The van der Waals surface area contributed by atoms with Gasteiger partial charge in [-0.25, -0.2) is 8.42 Å². The van der Waals surface area contributed by atoms with Crippen molar-refractivity contribution in [2.24, 2.45) is 0 Å². The molecule has 2 aromatic carbocycles. The summed E-state index contributed by atoms with van der Waals surface area (Å²) in [7, 11) is -3.58. The van der Waals surface area contributed by atoms with Gasteiger partial charge in [0.15, 0.2) is 16.4 Å².